The summed E-state index contributed by atoms with van der Waals surface area (Å²) in [7, 11) is 0. The quantitative estimate of drug-likeness (QED) is 0.130. The molecule has 2 rings (SSSR count). The maximum absolute atomic E-state index is 7.34. The standard InChI is InChI=1S/C19H24N4O2.2ClH.Pt/c20-18(21)14-4-8-16(9-5-14)24-12-2-1-3-13-25-17-10-6-15(7-11-17)19(22)23;;;/h4-11H,1-3,12-13H2,(H3,20,21)(H3,22,23);2*1H;/q;;;+2/p-2. The van der Waals surface area contributed by atoms with Crippen molar-refractivity contribution in [3.05, 3.63) is 59.7 Å². The van der Waals surface area contributed by atoms with Gasteiger partial charge in [0.2, 0.25) is 0 Å². The zero-order chi connectivity index (χ0) is 18.1. The van der Waals surface area contributed by atoms with Crippen molar-refractivity contribution in [2.45, 2.75) is 19.3 Å². The first-order chi connectivity index (χ1) is 12.1. The van der Waals surface area contributed by atoms with Crippen molar-refractivity contribution in [3.63, 3.8) is 0 Å². The third-order valence-electron chi connectivity index (χ3n) is 3.66. The van der Waals surface area contributed by atoms with Crippen LogP contribution in [0.15, 0.2) is 48.5 Å². The second-order valence-corrected chi connectivity index (χ2v) is 5.63. The largest absolute Gasteiger partial charge is 2.00 e. The average Bonchev–Trinajstić information content (AvgIpc) is 2.61. The van der Waals surface area contributed by atoms with Gasteiger partial charge in [-0.15, -0.1) is 0 Å². The molecule has 0 bridgehead atoms. The van der Waals surface area contributed by atoms with Crippen molar-refractivity contribution in [2.75, 3.05) is 13.2 Å². The van der Waals surface area contributed by atoms with Gasteiger partial charge in [-0.2, -0.15) is 0 Å². The van der Waals surface area contributed by atoms with Gasteiger partial charge in [-0.3, -0.25) is 10.8 Å². The Hall–Kier alpha value is -1.75. The van der Waals surface area contributed by atoms with E-state index in [4.69, 9.17) is 31.8 Å². The molecule has 2 aromatic rings. The Morgan fingerprint density at radius 3 is 1.25 bits per heavy atom. The van der Waals surface area contributed by atoms with Crippen LogP contribution in [0.5, 0.6) is 11.5 Å². The van der Waals surface area contributed by atoms with E-state index in [-0.39, 0.29) is 57.6 Å². The van der Waals surface area contributed by atoms with Crippen molar-refractivity contribution >= 4 is 11.7 Å². The van der Waals surface area contributed by atoms with Gasteiger partial charge < -0.3 is 45.8 Å². The number of nitrogen functional groups attached to an aromatic ring is 2. The maximum atomic E-state index is 7.34. The first-order valence-electron chi connectivity index (χ1n) is 8.21. The summed E-state index contributed by atoms with van der Waals surface area (Å²) < 4.78 is 11.3. The Morgan fingerprint density at radius 1 is 0.643 bits per heavy atom. The Morgan fingerprint density at radius 2 is 0.964 bits per heavy atom. The number of benzene rings is 2. The predicted octanol–water partition coefficient (Wildman–Crippen LogP) is -3.11. The van der Waals surface area contributed by atoms with Gasteiger partial charge in [0.15, 0.2) is 0 Å². The van der Waals surface area contributed by atoms with Crippen molar-refractivity contribution < 1.29 is 55.4 Å². The summed E-state index contributed by atoms with van der Waals surface area (Å²) in [4.78, 5) is 0. The van der Waals surface area contributed by atoms with Crippen molar-refractivity contribution in [1.82, 2.24) is 0 Å². The van der Waals surface area contributed by atoms with E-state index in [1.807, 2.05) is 24.3 Å². The van der Waals surface area contributed by atoms with Crippen LogP contribution in [-0.2, 0) is 21.1 Å². The molecule has 0 amide bonds. The number of nitrogens with one attached hydrogen (secondary N) is 2. The summed E-state index contributed by atoms with van der Waals surface area (Å²) in [5, 5.41) is 14.7. The molecule has 9 heteroatoms. The van der Waals surface area contributed by atoms with Crippen LogP contribution in [0.3, 0.4) is 0 Å². The number of halogens is 2. The van der Waals surface area contributed by atoms with E-state index in [0.717, 1.165) is 30.8 Å². The number of ether oxygens (including phenoxy) is 2. The van der Waals surface area contributed by atoms with E-state index in [1.165, 1.54) is 0 Å². The number of amidine groups is 2. The van der Waals surface area contributed by atoms with Gasteiger partial charge in [0.1, 0.15) is 23.2 Å². The fourth-order valence-electron chi connectivity index (χ4n) is 2.22. The van der Waals surface area contributed by atoms with Gasteiger partial charge >= 0.3 is 21.1 Å². The molecule has 0 aliphatic rings. The summed E-state index contributed by atoms with van der Waals surface area (Å²) in [5.41, 5.74) is 12.2. The number of unbranched alkanes of at least 4 members (excludes halogenated alkanes) is 2. The van der Waals surface area contributed by atoms with Crippen molar-refractivity contribution in [2.24, 2.45) is 11.5 Å². The minimum Gasteiger partial charge on any atom is -1.00 e. The smallest absolute Gasteiger partial charge is 1.00 e. The van der Waals surface area contributed by atoms with E-state index in [1.54, 1.807) is 24.3 Å². The van der Waals surface area contributed by atoms with Crippen LogP contribution in [0.1, 0.15) is 30.4 Å². The monoisotopic (exact) mass is 605 g/mol. The second-order valence-electron chi connectivity index (χ2n) is 5.63. The van der Waals surface area contributed by atoms with Gasteiger partial charge in [0.05, 0.1) is 13.2 Å². The second kappa shape index (κ2) is 15.2. The Labute approximate surface area is 192 Å². The molecule has 0 aromatic heterocycles. The van der Waals surface area contributed by atoms with Crippen LogP contribution >= 0.6 is 0 Å². The molecule has 2 aromatic carbocycles. The van der Waals surface area contributed by atoms with Gasteiger partial charge in [-0.25, -0.2) is 0 Å². The summed E-state index contributed by atoms with van der Waals surface area (Å²) in [6, 6.07) is 14.4. The van der Waals surface area contributed by atoms with E-state index in [9.17, 15) is 0 Å². The normalized spacial score (nSPS) is 9.14. The fraction of sp³-hybridized carbons (Fsp3) is 0.263. The molecule has 6 N–H and O–H groups in total. The van der Waals surface area contributed by atoms with Crippen LogP contribution in [0.4, 0.5) is 0 Å². The number of hydrogen-bond donors (Lipinski definition) is 4. The third-order valence-corrected chi connectivity index (χ3v) is 3.66. The van der Waals surface area contributed by atoms with Crippen LogP contribution in [-0.4, -0.2) is 24.9 Å². The molecule has 0 spiro atoms. The number of hydrogen-bond acceptors (Lipinski definition) is 4. The van der Waals surface area contributed by atoms with Crippen LogP contribution < -0.4 is 45.8 Å². The molecule has 0 radical (unpaired) electrons. The summed E-state index contributed by atoms with van der Waals surface area (Å²) in [6.45, 7) is 1.29. The third kappa shape index (κ3) is 9.97. The zero-order valence-electron chi connectivity index (χ0n) is 15.2. The molecule has 0 atom stereocenters. The van der Waals surface area contributed by atoms with E-state index in [0.29, 0.717) is 24.3 Å². The van der Waals surface area contributed by atoms with Gasteiger partial charge in [0, 0.05) is 11.1 Å². The summed E-state index contributed by atoms with van der Waals surface area (Å²) in [5.74, 6) is 1.68. The minimum atomic E-state index is 0. The summed E-state index contributed by atoms with van der Waals surface area (Å²) in [6.07, 6.45) is 2.90. The first kappa shape index (κ1) is 28.5. The molecule has 0 fully saturated rings. The first-order valence-corrected chi connectivity index (χ1v) is 8.21. The Balaban J connectivity index is 0. The molecule has 0 aliphatic carbocycles. The Bertz CT molecular complexity index is 651. The van der Waals surface area contributed by atoms with E-state index < -0.39 is 0 Å². The topological polar surface area (TPSA) is 118 Å². The minimum absolute atomic E-state index is 0. The molecule has 0 saturated carbocycles. The number of nitrogens with two attached hydrogens (primary N) is 2. The van der Waals surface area contributed by atoms with E-state index >= 15 is 0 Å². The Kier molecular flexibility index (Phi) is 15.5. The summed E-state index contributed by atoms with van der Waals surface area (Å²) >= 11 is 0. The molecule has 0 unspecified atom stereocenters. The van der Waals surface area contributed by atoms with Crippen LogP contribution in [0.25, 0.3) is 0 Å². The van der Waals surface area contributed by atoms with Gasteiger partial charge in [-0.05, 0) is 67.8 Å². The molecular formula is C19H24Cl2N4O2Pt. The number of rotatable bonds is 10. The fourth-order valence-corrected chi connectivity index (χ4v) is 2.22. The molecule has 0 saturated heterocycles. The van der Waals surface area contributed by atoms with Crippen molar-refractivity contribution in [1.29, 1.82) is 10.8 Å². The van der Waals surface area contributed by atoms with Gasteiger partial charge in [-0.1, -0.05) is 0 Å². The molecule has 6 nitrogen and oxygen atoms in total. The molecule has 28 heavy (non-hydrogen) atoms. The predicted molar refractivity (Wildman–Crippen MR) is 99.8 cm³/mol. The zero-order valence-corrected chi connectivity index (χ0v) is 19.0. The molecule has 156 valence electrons. The van der Waals surface area contributed by atoms with E-state index in [2.05, 4.69) is 0 Å². The maximum Gasteiger partial charge on any atom is 2.00 e. The SMILES string of the molecule is N=C(N)c1ccc(OCCCCCOc2ccc(C(=N)N)cc2)cc1.[Cl-].[Cl-].[Pt+2]. The molecule has 0 heterocycles. The molecule has 0 aliphatic heterocycles. The van der Waals surface area contributed by atoms with Crippen LogP contribution in [0.2, 0.25) is 0 Å². The van der Waals surface area contributed by atoms with Crippen molar-refractivity contribution in [3.8, 4) is 11.5 Å². The average molecular weight is 606 g/mol. The molecular weight excluding hydrogens is 582 g/mol. The van der Waals surface area contributed by atoms with Gasteiger partial charge in [0.25, 0.3) is 0 Å². The van der Waals surface area contributed by atoms with Crippen LogP contribution in [0, 0.1) is 10.8 Å².